The molecule has 1 nitrogen and oxygen atoms in total. The van der Waals surface area contributed by atoms with Crippen LogP contribution in [0.1, 0.15) is 26.7 Å². The number of likely N-dealkylation sites (tertiary alicyclic amines) is 1. The lowest BCUT2D eigenvalue weighted by atomic mass is 10.1. The Kier molecular flexibility index (Phi) is 12.9. The molecule has 0 atom stereocenters. The van der Waals surface area contributed by atoms with Gasteiger partial charge in [-0.3, -0.25) is 4.39 Å². The van der Waals surface area contributed by atoms with Crippen molar-refractivity contribution in [2.24, 2.45) is 0 Å². The maximum atomic E-state index is 12.3. The second-order valence-corrected chi connectivity index (χ2v) is 2.48. The van der Waals surface area contributed by atoms with Crippen LogP contribution in [0.5, 0.6) is 0 Å². The topological polar surface area (TPSA) is 3.24 Å². The highest BCUT2D eigenvalue weighted by Crippen LogP contribution is 2.10. The first kappa shape index (κ1) is 14.3. The highest BCUT2D eigenvalue weighted by molar-refractivity contribution is 4.67. The van der Waals surface area contributed by atoms with Crippen LogP contribution in [0.2, 0.25) is 0 Å². The third-order valence-electron chi connectivity index (χ3n) is 1.65. The summed E-state index contributed by atoms with van der Waals surface area (Å²) in [7, 11) is 2.53. The van der Waals surface area contributed by atoms with Gasteiger partial charge in [-0.1, -0.05) is 13.8 Å². The van der Waals surface area contributed by atoms with Crippen molar-refractivity contribution in [3.8, 4) is 0 Å². The van der Waals surface area contributed by atoms with Crippen molar-refractivity contribution in [2.45, 2.75) is 32.9 Å². The average Bonchev–Trinajstić information content (AvgIpc) is 2.17. The van der Waals surface area contributed by atoms with E-state index in [0.717, 1.165) is 25.9 Å². The minimum absolute atomic E-state index is 0.500. The molecule has 0 radical (unpaired) electrons. The van der Waals surface area contributed by atoms with E-state index in [-0.39, 0.29) is 0 Å². The van der Waals surface area contributed by atoms with Crippen molar-refractivity contribution in [3.63, 3.8) is 0 Å². The van der Waals surface area contributed by atoms with Crippen molar-refractivity contribution >= 4 is 0 Å². The molecular formula is C9H21F2N. The molecule has 0 aliphatic carbocycles. The van der Waals surface area contributed by atoms with Crippen LogP contribution in [0.15, 0.2) is 0 Å². The molecule has 1 fully saturated rings. The molecule has 0 aromatic rings. The number of alkyl halides is 2. The smallest absolute Gasteiger partial charge is 0.103 e. The summed E-state index contributed by atoms with van der Waals surface area (Å²) in [6, 6.07) is 0. The van der Waals surface area contributed by atoms with Crippen LogP contribution in [0, 0.1) is 0 Å². The van der Waals surface area contributed by atoms with Crippen LogP contribution in [0.25, 0.3) is 0 Å². The van der Waals surface area contributed by atoms with Gasteiger partial charge in [0, 0.05) is 13.1 Å². The summed E-state index contributed by atoms with van der Waals surface area (Å²) in [5, 5.41) is 0. The molecular weight excluding hydrogens is 160 g/mol. The van der Waals surface area contributed by atoms with Gasteiger partial charge >= 0.3 is 0 Å². The van der Waals surface area contributed by atoms with Gasteiger partial charge in [-0.2, -0.15) is 0 Å². The van der Waals surface area contributed by atoms with Gasteiger partial charge in [-0.25, -0.2) is 4.39 Å². The second-order valence-electron chi connectivity index (χ2n) is 2.48. The third kappa shape index (κ3) is 7.92. The van der Waals surface area contributed by atoms with E-state index >= 15 is 0 Å². The van der Waals surface area contributed by atoms with Gasteiger partial charge < -0.3 is 4.90 Å². The Morgan fingerprint density at radius 2 is 1.42 bits per heavy atom. The summed E-state index contributed by atoms with van der Waals surface area (Å²) in [6.45, 7) is 5.86. The first-order valence-corrected chi connectivity index (χ1v) is 4.49. The molecule has 1 heterocycles. The molecule has 0 bridgehead atoms. The fourth-order valence-electron chi connectivity index (χ4n) is 0.977. The highest BCUT2D eigenvalue weighted by atomic mass is 19.1. The number of rotatable bonds is 0. The molecule has 0 unspecified atom stereocenters. The number of piperidine rings is 1. The van der Waals surface area contributed by atoms with E-state index in [4.69, 9.17) is 0 Å². The minimum Gasteiger partial charge on any atom is -0.306 e. The van der Waals surface area contributed by atoms with E-state index in [0.29, 0.717) is 7.18 Å². The summed E-state index contributed by atoms with van der Waals surface area (Å²) in [5.41, 5.74) is 0. The quantitative estimate of drug-likeness (QED) is 0.555. The Morgan fingerprint density at radius 1 is 1.08 bits per heavy atom. The second kappa shape index (κ2) is 10.8. The van der Waals surface area contributed by atoms with Crippen molar-refractivity contribution < 1.29 is 8.78 Å². The Balaban J connectivity index is 0. The highest BCUT2D eigenvalue weighted by Gasteiger charge is 2.14. The van der Waals surface area contributed by atoms with Gasteiger partial charge in [0.1, 0.15) is 6.17 Å². The monoisotopic (exact) mass is 181 g/mol. The summed E-state index contributed by atoms with van der Waals surface area (Å²) >= 11 is 0. The third-order valence-corrected chi connectivity index (χ3v) is 1.65. The first-order valence-electron chi connectivity index (χ1n) is 4.49. The molecule has 0 saturated carbocycles. The fraction of sp³-hybridized carbons (Fsp3) is 1.00. The summed E-state index contributed by atoms with van der Waals surface area (Å²) in [4.78, 5) is 2.16. The Morgan fingerprint density at radius 3 is 1.67 bits per heavy atom. The molecule has 3 heteroatoms. The molecule has 1 rings (SSSR count). The first-order chi connectivity index (χ1) is 5.79. The standard InChI is InChI=1S/C6H12FN.C2H6.CH3F/c1-8-4-2-6(7)3-5-8;2*1-2/h6H,2-5H2,1H3;1-2H3;1H3. The van der Waals surface area contributed by atoms with Gasteiger partial charge in [0.25, 0.3) is 0 Å². The van der Waals surface area contributed by atoms with E-state index < -0.39 is 6.17 Å². The fourth-order valence-corrected chi connectivity index (χ4v) is 0.977. The molecule has 0 aromatic heterocycles. The molecule has 76 valence electrons. The number of hydrogen-bond acceptors (Lipinski definition) is 1. The largest absolute Gasteiger partial charge is 0.306 e. The molecule has 1 aliphatic heterocycles. The predicted molar refractivity (Wildman–Crippen MR) is 50.0 cm³/mol. The zero-order valence-electron chi connectivity index (χ0n) is 8.61. The zero-order valence-corrected chi connectivity index (χ0v) is 8.61. The maximum Gasteiger partial charge on any atom is 0.103 e. The van der Waals surface area contributed by atoms with Gasteiger partial charge in [0.15, 0.2) is 0 Å². The van der Waals surface area contributed by atoms with Crippen molar-refractivity contribution in [1.82, 2.24) is 4.90 Å². The van der Waals surface area contributed by atoms with Crippen LogP contribution < -0.4 is 0 Å². The van der Waals surface area contributed by atoms with Gasteiger partial charge in [-0.15, -0.1) is 0 Å². The van der Waals surface area contributed by atoms with E-state index in [2.05, 4.69) is 4.90 Å². The number of hydrogen-bond donors (Lipinski definition) is 0. The maximum absolute atomic E-state index is 12.3. The summed E-state index contributed by atoms with van der Waals surface area (Å²) in [5.74, 6) is 0. The SMILES string of the molecule is CC.CF.CN1CCC(F)CC1. The van der Waals surface area contributed by atoms with Crippen LogP contribution in [-0.4, -0.2) is 38.4 Å². The van der Waals surface area contributed by atoms with Gasteiger partial charge in [-0.05, 0) is 19.9 Å². The number of nitrogens with zero attached hydrogens (tertiary/aromatic N) is 1. The normalized spacial score (nSPS) is 18.5. The Labute approximate surface area is 74.8 Å². The van der Waals surface area contributed by atoms with Gasteiger partial charge in [0.2, 0.25) is 0 Å². The summed E-state index contributed by atoms with van der Waals surface area (Å²) < 4.78 is 21.8. The molecule has 12 heavy (non-hydrogen) atoms. The van der Waals surface area contributed by atoms with Crippen molar-refractivity contribution in [3.05, 3.63) is 0 Å². The Hall–Kier alpha value is -0.180. The van der Waals surface area contributed by atoms with Crippen molar-refractivity contribution in [2.75, 3.05) is 27.3 Å². The lowest BCUT2D eigenvalue weighted by Gasteiger charge is -2.23. The minimum atomic E-state index is -0.522. The molecule has 1 saturated heterocycles. The average molecular weight is 181 g/mol. The van der Waals surface area contributed by atoms with E-state index in [1.165, 1.54) is 0 Å². The van der Waals surface area contributed by atoms with Crippen LogP contribution in [0.4, 0.5) is 8.78 Å². The Bertz CT molecular complexity index is 60.9. The number of halogens is 2. The molecule has 0 aromatic carbocycles. The van der Waals surface area contributed by atoms with Gasteiger partial charge in [0.05, 0.1) is 7.18 Å². The van der Waals surface area contributed by atoms with E-state index in [9.17, 15) is 8.78 Å². The van der Waals surface area contributed by atoms with Crippen LogP contribution in [0.3, 0.4) is 0 Å². The lowest BCUT2D eigenvalue weighted by Crippen LogP contribution is -2.30. The summed E-state index contributed by atoms with van der Waals surface area (Å²) in [6.07, 6.45) is 0.943. The van der Waals surface area contributed by atoms with Crippen molar-refractivity contribution in [1.29, 1.82) is 0 Å². The van der Waals surface area contributed by atoms with E-state index in [1.54, 1.807) is 0 Å². The molecule has 1 aliphatic rings. The zero-order chi connectivity index (χ0) is 9.98. The lowest BCUT2D eigenvalue weighted by molar-refractivity contribution is 0.174. The van der Waals surface area contributed by atoms with Crippen LogP contribution >= 0.6 is 0 Å². The van der Waals surface area contributed by atoms with Crippen LogP contribution in [-0.2, 0) is 0 Å². The molecule has 0 spiro atoms. The molecule has 0 N–H and O–H groups in total. The van der Waals surface area contributed by atoms with E-state index in [1.807, 2.05) is 20.9 Å². The predicted octanol–water partition coefficient (Wildman–Crippen LogP) is 2.66. The molecule has 0 amide bonds.